The predicted octanol–water partition coefficient (Wildman–Crippen LogP) is 2.35. The maximum Gasteiger partial charge on any atom is 0.283 e. The molecule has 0 aliphatic heterocycles. The van der Waals surface area contributed by atoms with Gasteiger partial charge in [-0.1, -0.05) is 12.1 Å². The molecule has 0 fully saturated rings. The van der Waals surface area contributed by atoms with Crippen molar-refractivity contribution in [2.45, 2.75) is 19.4 Å². The van der Waals surface area contributed by atoms with Crippen LogP contribution in [0.1, 0.15) is 25.1 Å². The predicted molar refractivity (Wildman–Crippen MR) is 72.9 cm³/mol. The van der Waals surface area contributed by atoms with Crippen LogP contribution in [0.3, 0.4) is 0 Å². The molecule has 0 aliphatic rings. The third-order valence-electron chi connectivity index (χ3n) is 2.72. The molecule has 7 nitrogen and oxygen atoms in total. The topological polar surface area (TPSA) is 99.9 Å². The summed E-state index contributed by atoms with van der Waals surface area (Å²) in [6, 6.07) is 4.49. The van der Waals surface area contributed by atoms with Crippen molar-refractivity contribution in [1.82, 2.24) is 15.0 Å². The van der Waals surface area contributed by atoms with Crippen molar-refractivity contribution in [3.63, 3.8) is 0 Å². The number of nitro groups is 1. The number of hydrogen-bond acceptors (Lipinski definition) is 5. The number of benzene rings is 1. The van der Waals surface area contributed by atoms with E-state index < -0.39 is 4.92 Å². The van der Waals surface area contributed by atoms with Crippen LogP contribution in [-0.4, -0.2) is 19.9 Å². The highest BCUT2D eigenvalue weighted by Crippen LogP contribution is 2.27. The molecule has 0 spiro atoms. The van der Waals surface area contributed by atoms with Gasteiger partial charge in [0.1, 0.15) is 0 Å². The number of aromatic nitrogens is 3. The van der Waals surface area contributed by atoms with E-state index >= 15 is 0 Å². The van der Waals surface area contributed by atoms with Crippen LogP contribution in [0.5, 0.6) is 0 Å². The SMILES string of the molecule is CCC(N)c1cn(-c2ccc([N+](=O)[O-])c(Br)c2)nn1. The van der Waals surface area contributed by atoms with Gasteiger partial charge in [0.2, 0.25) is 0 Å². The third kappa shape index (κ3) is 2.79. The number of hydrogen-bond donors (Lipinski definition) is 1. The van der Waals surface area contributed by atoms with Gasteiger partial charge in [-0.3, -0.25) is 10.1 Å². The summed E-state index contributed by atoms with van der Waals surface area (Å²) in [6.45, 7) is 1.96. The first kappa shape index (κ1) is 13.6. The van der Waals surface area contributed by atoms with E-state index in [2.05, 4.69) is 26.2 Å². The van der Waals surface area contributed by atoms with Crippen LogP contribution < -0.4 is 5.73 Å². The van der Waals surface area contributed by atoms with Gasteiger partial charge in [-0.2, -0.15) is 0 Å². The van der Waals surface area contributed by atoms with Crippen molar-refractivity contribution in [1.29, 1.82) is 0 Å². The Morgan fingerprint density at radius 1 is 1.58 bits per heavy atom. The lowest BCUT2D eigenvalue weighted by Crippen LogP contribution is -2.08. The van der Waals surface area contributed by atoms with Crippen molar-refractivity contribution in [3.8, 4) is 5.69 Å². The van der Waals surface area contributed by atoms with Crippen LogP contribution in [0.4, 0.5) is 5.69 Å². The molecule has 19 heavy (non-hydrogen) atoms. The molecular weight excluding hydrogens is 314 g/mol. The maximum absolute atomic E-state index is 10.7. The van der Waals surface area contributed by atoms with E-state index in [9.17, 15) is 10.1 Å². The van der Waals surface area contributed by atoms with Crippen molar-refractivity contribution >= 4 is 21.6 Å². The Hall–Kier alpha value is -1.80. The molecule has 1 heterocycles. The Kier molecular flexibility index (Phi) is 3.91. The summed E-state index contributed by atoms with van der Waals surface area (Å²) >= 11 is 3.17. The third-order valence-corrected chi connectivity index (χ3v) is 3.36. The molecule has 0 bridgehead atoms. The largest absolute Gasteiger partial charge is 0.323 e. The molecule has 8 heteroatoms. The van der Waals surface area contributed by atoms with Crippen molar-refractivity contribution in [3.05, 3.63) is 44.7 Å². The lowest BCUT2D eigenvalue weighted by Gasteiger charge is -2.03. The Morgan fingerprint density at radius 3 is 2.89 bits per heavy atom. The molecule has 0 radical (unpaired) electrons. The Labute approximate surface area is 117 Å². The van der Waals surface area contributed by atoms with Gasteiger partial charge in [0.15, 0.2) is 0 Å². The first-order valence-corrected chi connectivity index (χ1v) is 6.44. The first-order chi connectivity index (χ1) is 9.02. The maximum atomic E-state index is 10.7. The second-order valence-corrected chi connectivity index (χ2v) is 4.85. The van der Waals surface area contributed by atoms with Gasteiger partial charge in [0.25, 0.3) is 5.69 Å². The van der Waals surface area contributed by atoms with Crippen molar-refractivity contribution in [2.24, 2.45) is 5.73 Å². The highest BCUT2D eigenvalue weighted by Gasteiger charge is 2.14. The highest BCUT2D eigenvalue weighted by molar-refractivity contribution is 9.10. The molecule has 1 aromatic carbocycles. The zero-order chi connectivity index (χ0) is 14.0. The quantitative estimate of drug-likeness (QED) is 0.686. The van der Waals surface area contributed by atoms with E-state index in [1.165, 1.54) is 6.07 Å². The van der Waals surface area contributed by atoms with Gasteiger partial charge in [0, 0.05) is 6.07 Å². The Balaban J connectivity index is 2.35. The number of halogens is 1. The second-order valence-electron chi connectivity index (χ2n) is 4.00. The Morgan fingerprint density at radius 2 is 2.32 bits per heavy atom. The molecule has 1 unspecified atom stereocenters. The summed E-state index contributed by atoms with van der Waals surface area (Å²) in [4.78, 5) is 10.3. The van der Waals surface area contributed by atoms with Crippen LogP contribution in [0, 0.1) is 10.1 Å². The summed E-state index contributed by atoms with van der Waals surface area (Å²) in [5, 5.41) is 18.7. The van der Waals surface area contributed by atoms with E-state index in [1.54, 1.807) is 23.0 Å². The lowest BCUT2D eigenvalue weighted by molar-refractivity contribution is -0.385. The first-order valence-electron chi connectivity index (χ1n) is 5.65. The number of rotatable bonds is 4. The van der Waals surface area contributed by atoms with Crippen LogP contribution in [0.2, 0.25) is 0 Å². The van der Waals surface area contributed by atoms with Gasteiger partial charge in [-0.05, 0) is 34.5 Å². The smallest absolute Gasteiger partial charge is 0.283 e. The van der Waals surface area contributed by atoms with E-state index in [4.69, 9.17) is 5.73 Å². The number of nitro benzene ring substituents is 1. The summed E-state index contributed by atoms with van der Waals surface area (Å²) in [6.07, 6.45) is 2.49. The fourth-order valence-corrected chi connectivity index (χ4v) is 2.08. The van der Waals surface area contributed by atoms with Gasteiger partial charge in [-0.25, -0.2) is 4.68 Å². The minimum Gasteiger partial charge on any atom is -0.323 e. The van der Waals surface area contributed by atoms with E-state index in [0.29, 0.717) is 15.9 Å². The summed E-state index contributed by atoms with van der Waals surface area (Å²) in [7, 11) is 0. The van der Waals surface area contributed by atoms with Crippen LogP contribution in [0.15, 0.2) is 28.9 Å². The molecule has 2 N–H and O–H groups in total. The molecule has 0 aliphatic carbocycles. The molecule has 1 atom stereocenters. The number of nitrogens with two attached hydrogens (primary N) is 1. The van der Waals surface area contributed by atoms with Crippen LogP contribution in [0.25, 0.3) is 5.69 Å². The molecule has 0 saturated carbocycles. The average Bonchev–Trinajstić information content (AvgIpc) is 2.86. The van der Waals surface area contributed by atoms with Crippen LogP contribution >= 0.6 is 15.9 Å². The van der Waals surface area contributed by atoms with E-state index in [1.807, 2.05) is 6.92 Å². The fraction of sp³-hybridized carbons (Fsp3) is 0.273. The van der Waals surface area contributed by atoms with Crippen LogP contribution in [-0.2, 0) is 0 Å². The molecule has 1 aromatic heterocycles. The summed E-state index contributed by atoms with van der Waals surface area (Å²) in [5.74, 6) is 0. The van der Waals surface area contributed by atoms with Crippen molar-refractivity contribution in [2.75, 3.05) is 0 Å². The van der Waals surface area contributed by atoms with Gasteiger partial charge in [0.05, 0.1) is 33.0 Å². The lowest BCUT2D eigenvalue weighted by atomic mass is 10.2. The number of nitrogens with zero attached hydrogens (tertiary/aromatic N) is 4. The zero-order valence-corrected chi connectivity index (χ0v) is 11.7. The van der Waals surface area contributed by atoms with E-state index in [0.717, 1.165) is 6.42 Å². The van der Waals surface area contributed by atoms with Crippen molar-refractivity contribution < 1.29 is 4.92 Å². The average molecular weight is 326 g/mol. The minimum atomic E-state index is -0.451. The molecule has 0 amide bonds. The molecule has 2 aromatic rings. The fourth-order valence-electron chi connectivity index (χ4n) is 1.57. The molecule has 0 saturated heterocycles. The normalized spacial score (nSPS) is 12.4. The standard InChI is InChI=1S/C11H12BrN5O2/c1-2-9(13)10-6-16(15-14-10)7-3-4-11(17(18)19)8(12)5-7/h3-6,9H,2,13H2,1H3. The molecular formula is C11H12BrN5O2. The molecule has 100 valence electrons. The minimum absolute atomic E-state index is 0.00866. The monoisotopic (exact) mass is 325 g/mol. The zero-order valence-electron chi connectivity index (χ0n) is 10.2. The summed E-state index contributed by atoms with van der Waals surface area (Å²) < 4.78 is 1.94. The second kappa shape index (κ2) is 5.45. The van der Waals surface area contributed by atoms with E-state index in [-0.39, 0.29) is 11.7 Å². The highest BCUT2D eigenvalue weighted by atomic mass is 79.9. The van der Waals surface area contributed by atoms with Gasteiger partial charge >= 0.3 is 0 Å². The molecule has 2 rings (SSSR count). The van der Waals surface area contributed by atoms with Gasteiger partial charge in [-0.15, -0.1) is 5.10 Å². The van der Waals surface area contributed by atoms with Gasteiger partial charge < -0.3 is 5.73 Å². The Bertz CT molecular complexity index is 613. The summed E-state index contributed by atoms with van der Waals surface area (Å²) in [5.41, 5.74) is 7.25.